The molecule has 0 aliphatic carbocycles. The van der Waals surface area contributed by atoms with Gasteiger partial charge in [0.1, 0.15) is 13.1 Å². The number of thiophene rings is 1. The zero-order valence-electron chi connectivity index (χ0n) is 13.6. The van der Waals surface area contributed by atoms with Crippen molar-refractivity contribution < 1.29 is 14.1 Å². The molecule has 3 rings (SSSR count). The van der Waals surface area contributed by atoms with E-state index in [1.165, 1.54) is 4.88 Å². The molecule has 6 heteroatoms. The van der Waals surface area contributed by atoms with Gasteiger partial charge >= 0.3 is 0 Å². The summed E-state index contributed by atoms with van der Waals surface area (Å²) in [6, 6.07) is 16.8. The van der Waals surface area contributed by atoms with Crippen molar-refractivity contribution in [1.29, 1.82) is 5.26 Å². The number of carbonyl (C=O) groups excluding carboxylic acids is 1. The Morgan fingerprint density at radius 1 is 1.16 bits per heavy atom. The van der Waals surface area contributed by atoms with Crippen molar-refractivity contribution in [3.8, 4) is 6.07 Å². The number of anilines is 1. The highest BCUT2D eigenvalue weighted by atomic mass is 32.1. The van der Waals surface area contributed by atoms with Gasteiger partial charge in [0.2, 0.25) is 0 Å². The van der Waals surface area contributed by atoms with E-state index in [-0.39, 0.29) is 5.91 Å². The van der Waals surface area contributed by atoms with Crippen LogP contribution in [0.15, 0.2) is 64.6 Å². The molecule has 0 radical (unpaired) electrons. The van der Waals surface area contributed by atoms with Gasteiger partial charge in [-0.15, -0.1) is 11.3 Å². The van der Waals surface area contributed by atoms with Gasteiger partial charge in [-0.3, -0.25) is 4.79 Å². The van der Waals surface area contributed by atoms with Gasteiger partial charge in [-0.25, -0.2) is 0 Å². The van der Waals surface area contributed by atoms with Crippen LogP contribution in [0.2, 0.25) is 0 Å². The Balaban J connectivity index is 1.63. The monoisotopic (exact) mass is 352 g/mol. The molecule has 0 fully saturated rings. The molecular weight excluding hydrogens is 334 g/mol. The molecule has 1 aromatic carbocycles. The van der Waals surface area contributed by atoms with E-state index >= 15 is 0 Å². The van der Waals surface area contributed by atoms with Crippen LogP contribution >= 0.6 is 11.3 Å². The molecular formula is C19H18N3O2S+. The fraction of sp³-hybridized carbons (Fsp3) is 0.158. The zero-order valence-corrected chi connectivity index (χ0v) is 14.4. The zero-order chi connectivity index (χ0) is 17.5. The van der Waals surface area contributed by atoms with Crippen LogP contribution in [0.1, 0.15) is 16.2 Å². The Morgan fingerprint density at radius 3 is 2.64 bits per heavy atom. The number of nitrogens with zero attached hydrogens (tertiary/aromatic N) is 1. The summed E-state index contributed by atoms with van der Waals surface area (Å²) < 4.78 is 5.43. The van der Waals surface area contributed by atoms with Gasteiger partial charge in [0.05, 0.1) is 22.8 Å². The Hall–Kier alpha value is -2.88. The topological polar surface area (TPSA) is 70.5 Å². The highest BCUT2D eigenvalue weighted by Gasteiger charge is 2.17. The van der Waals surface area contributed by atoms with Gasteiger partial charge in [0, 0.05) is 5.69 Å². The van der Waals surface area contributed by atoms with Crippen LogP contribution in [0.4, 0.5) is 5.69 Å². The Bertz CT molecular complexity index is 798. The van der Waals surface area contributed by atoms with Crippen molar-refractivity contribution in [2.45, 2.75) is 13.1 Å². The molecule has 126 valence electrons. The normalized spacial score (nSPS) is 11.6. The number of amides is 1. The van der Waals surface area contributed by atoms with Crippen molar-refractivity contribution >= 4 is 22.9 Å². The molecule has 0 saturated heterocycles. The summed E-state index contributed by atoms with van der Waals surface area (Å²) in [5.74, 6) is 0.792. The first-order valence-corrected chi connectivity index (χ1v) is 8.79. The van der Waals surface area contributed by atoms with E-state index in [1.807, 2.05) is 23.6 Å². The fourth-order valence-electron chi connectivity index (χ4n) is 2.57. The molecule has 2 N–H and O–H groups in total. The highest BCUT2D eigenvalue weighted by Crippen LogP contribution is 2.09. The number of furan rings is 1. The summed E-state index contributed by atoms with van der Waals surface area (Å²) in [5.41, 5.74) is 1.26. The standard InChI is InChI=1S/C19H17N3O2S/c20-11-15-5-7-16(8-6-15)21-19(23)14-22(12-17-3-1-9-24-17)13-18-4-2-10-25-18/h1-10H,12-14H2,(H,21,23)/p+1. The second-order valence-corrected chi connectivity index (χ2v) is 6.71. The lowest BCUT2D eigenvalue weighted by molar-refractivity contribution is -0.920. The minimum atomic E-state index is -0.0668. The van der Waals surface area contributed by atoms with Crippen molar-refractivity contribution in [2.75, 3.05) is 11.9 Å². The van der Waals surface area contributed by atoms with E-state index < -0.39 is 0 Å². The molecule has 3 aromatic rings. The number of benzene rings is 1. The molecule has 5 nitrogen and oxygen atoms in total. The molecule has 1 amide bonds. The first-order chi connectivity index (χ1) is 12.2. The van der Waals surface area contributed by atoms with Gasteiger partial charge in [0.25, 0.3) is 5.91 Å². The maximum absolute atomic E-state index is 12.4. The molecule has 2 aromatic heterocycles. The number of nitrogens with one attached hydrogen (secondary N) is 2. The van der Waals surface area contributed by atoms with Crippen LogP contribution in [0.5, 0.6) is 0 Å². The molecule has 0 saturated carbocycles. The number of quaternary nitrogens is 1. The molecule has 2 heterocycles. The van der Waals surface area contributed by atoms with Crippen LogP contribution in [-0.4, -0.2) is 12.5 Å². The highest BCUT2D eigenvalue weighted by molar-refractivity contribution is 7.09. The van der Waals surface area contributed by atoms with Crippen LogP contribution in [0.25, 0.3) is 0 Å². The van der Waals surface area contributed by atoms with Crippen molar-refractivity contribution in [3.63, 3.8) is 0 Å². The smallest absolute Gasteiger partial charge is 0.279 e. The van der Waals surface area contributed by atoms with E-state index in [4.69, 9.17) is 9.68 Å². The maximum atomic E-state index is 12.4. The predicted octanol–water partition coefficient (Wildman–Crippen LogP) is 2.44. The first-order valence-electron chi connectivity index (χ1n) is 7.91. The van der Waals surface area contributed by atoms with Gasteiger partial charge in [-0.1, -0.05) is 6.07 Å². The molecule has 25 heavy (non-hydrogen) atoms. The first kappa shape index (κ1) is 17.0. The quantitative estimate of drug-likeness (QED) is 0.686. The molecule has 1 unspecified atom stereocenters. The summed E-state index contributed by atoms with van der Waals surface area (Å²) in [5, 5.41) is 13.8. The van der Waals surface area contributed by atoms with Crippen LogP contribution in [-0.2, 0) is 17.9 Å². The van der Waals surface area contributed by atoms with Crippen LogP contribution in [0.3, 0.4) is 0 Å². The lowest BCUT2D eigenvalue weighted by Gasteiger charge is -2.17. The lowest BCUT2D eigenvalue weighted by Crippen LogP contribution is -3.10. The second-order valence-electron chi connectivity index (χ2n) is 5.68. The number of hydrogen-bond acceptors (Lipinski definition) is 4. The van der Waals surface area contributed by atoms with Gasteiger partial charge in [0.15, 0.2) is 12.3 Å². The largest absolute Gasteiger partial charge is 0.463 e. The average molecular weight is 352 g/mol. The minimum absolute atomic E-state index is 0.0668. The molecule has 0 aliphatic heterocycles. The maximum Gasteiger partial charge on any atom is 0.279 e. The summed E-state index contributed by atoms with van der Waals surface area (Å²) in [4.78, 5) is 14.7. The summed E-state index contributed by atoms with van der Waals surface area (Å²) in [6.45, 7) is 1.74. The Kier molecular flexibility index (Phi) is 5.62. The molecule has 1 atom stereocenters. The van der Waals surface area contributed by atoms with E-state index in [1.54, 1.807) is 41.9 Å². The van der Waals surface area contributed by atoms with E-state index in [2.05, 4.69) is 17.5 Å². The van der Waals surface area contributed by atoms with Gasteiger partial charge in [-0.2, -0.15) is 5.26 Å². The number of hydrogen-bond donors (Lipinski definition) is 2. The average Bonchev–Trinajstić information content (AvgIpc) is 3.29. The van der Waals surface area contributed by atoms with Crippen molar-refractivity contribution in [3.05, 3.63) is 76.4 Å². The van der Waals surface area contributed by atoms with Gasteiger partial charge < -0.3 is 14.6 Å². The van der Waals surface area contributed by atoms with Crippen molar-refractivity contribution in [2.24, 2.45) is 0 Å². The van der Waals surface area contributed by atoms with E-state index in [0.717, 1.165) is 17.2 Å². The third kappa shape index (κ3) is 5.05. The third-order valence-electron chi connectivity index (χ3n) is 3.72. The third-order valence-corrected chi connectivity index (χ3v) is 4.59. The molecule has 0 bridgehead atoms. The fourth-order valence-corrected chi connectivity index (χ4v) is 3.34. The van der Waals surface area contributed by atoms with Gasteiger partial charge in [-0.05, 0) is 47.8 Å². The Labute approximate surface area is 150 Å². The summed E-state index contributed by atoms with van der Waals surface area (Å²) >= 11 is 1.69. The number of rotatable bonds is 7. The van der Waals surface area contributed by atoms with Crippen molar-refractivity contribution in [1.82, 2.24) is 0 Å². The van der Waals surface area contributed by atoms with Crippen LogP contribution < -0.4 is 10.2 Å². The summed E-state index contributed by atoms with van der Waals surface area (Å²) in [7, 11) is 0. The summed E-state index contributed by atoms with van der Waals surface area (Å²) in [6.07, 6.45) is 1.65. The number of nitriles is 1. The Morgan fingerprint density at radius 2 is 2.00 bits per heavy atom. The van der Waals surface area contributed by atoms with E-state index in [9.17, 15) is 4.79 Å². The molecule has 0 spiro atoms. The predicted molar refractivity (Wildman–Crippen MR) is 96.1 cm³/mol. The second kappa shape index (κ2) is 8.29. The molecule has 0 aliphatic rings. The lowest BCUT2D eigenvalue weighted by atomic mass is 10.2. The van der Waals surface area contributed by atoms with E-state index in [0.29, 0.717) is 24.3 Å². The van der Waals surface area contributed by atoms with Crippen LogP contribution in [0, 0.1) is 11.3 Å². The number of carbonyl (C=O) groups is 1. The SMILES string of the molecule is N#Cc1ccc(NC(=O)C[NH+](Cc2ccco2)Cc2cccs2)cc1. The minimum Gasteiger partial charge on any atom is -0.463 e.